The smallest absolute Gasteiger partial charge is 0.428 e. The van der Waals surface area contributed by atoms with Crippen LogP contribution in [-0.2, 0) is 11.9 Å². The van der Waals surface area contributed by atoms with E-state index < -0.39 is 43.7 Å². The van der Waals surface area contributed by atoms with Gasteiger partial charge in [-0.05, 0) is 23.8 Å². The zero-order chi connectivity index (χ0) is 22.5. The van der Waals surface area contributed by atoms with E-state index in [9.17, 15) is 35.8 Å². The maximum absolute atomic E-state index is 13.4. The third-order valence-electron chi connectivity index (χ3n) is 4.04. The molecule has 2 rings (SSSR count). The molecule has 2 aromatic carbocycles. The van der Waals surface area contributed by atoms with Crippen molar-refractivity contribution >= 4 is 21.6 Å². The molecule has 0 amide bonds. The topological polar surface area (TPSA) is 32.7 Å². The number of aliphatic hydroxyl groups is 1. The Kier molecular flexibility index (Phi) is 7.98. The van der Waals surface area contributed by atoms with Crippen LogP contribution < -0.4 is 9.64 Å². The number of hydrogen-bond acceptors (Lipinski definition) is 3. The quantitative estimate of drug-likeness (QED) is 0.349. The van der Waals surface area contributed by atoms with E-state index in [0.717, 1.165) is 11.0 Å². The highest BCUT2D eigenvalue weighted by atomic mass is 79.9. The number of ether oxygens (including phenoxy) is 1. The van der Waals surface area contributed by atoms with E-state index >= 15 is 0 Å². The summed E-state index contributed by atoms with van der Waals surface area (Å²) in [6.07, 6.45) is -16.5. The van der Waals surface area contributed by atoms with Crippen LogP contribution in [0.5, 0.6) is 5.75 Å². The Labute approximate surface area is 176 Å². The van der Waals surface area contributed by atoms with Gasteiger partial charge >= 0.3 is 18.7 Å². The molecule has 1 atom stereocenters. The largest absolute Gasteiger partial charge is 0.461 e. The van der Waals surface area contributed by atoms with Crippen LogP contribution in [0, 0.1) is 0 Å². The molecule has 11 heteroatoms. The van der Waals surface area contributed by atoms with Gasteiger partial charge in [-0.3, -0.25) is 0 Å². The van der Waals surface area contributed by atoms with Crippen molar-refractivity contribution in [1.82, 2.24) is 0 Å². The van der Waals surface area contributed by atoms with Gasteiger partial charge in [-0.25, -0.2) is 0 Å². The fraction of sp³-hybridized carbons (Fsp3) is 0.368. The fourth-order valence-corrected chi connectivity index (χ4v) is 2.89. The second kappa shape index (κ2) is 9.86. The summed E-state index contributed by atoms with van der Waals surface area (Å²) in [7, 11) is 0. The van der Waals surface area contributed by atoms with Gasteiger partial charge in [0.05, 0.1) is 6.54 Å². The predicted molar refractivity (Wildman–Crippen MR) is 100 cm³/mol. The van der Waals surface area contributed by atoms with Crippen molar-refractivity contribution in [2.24, 2.45) is 0 Å². The van der Waals surface area contributed by atoms with E-state index in [4.69, 9.17) is 0 Å². The van der Waals surface area contributed by atoms with Gasteiger partial charge in [0, 0.05) is 23.1 Å². The van der Waals surface area contributed by atoms with Crippen LogP contribution in [0.4, 0.5) is 36.4 Å². The second-order valence-electron chi connectivity index (χ2n) is 6.31. The van der Waals surface area contributed by atoms with Gasteiger partial charge in [0.15, 0.2) is 6.10 Å². The Balaban J connectivity index is 2.39. The van der Waals surface area contributed by atoms with Crippen LogP contribution in [0.15, 0.2) is 48.5 Å². The first kappa shape index (κ1) is 24.3. The second-order valence-corrected chi connectivity index (χ2v) is 6.87. The first-order chi connectivity index (χ1) is 13.9. The van der Waals surface area contributed by atoms with Crippen LogP contribution in [0.2, 0.25) is 0 Å². The summed E-state index contributed by atoms with van der Waals surface area (Å²) in [5, 5.41) is 9.92. The zero-order valence-electron chi connectivity index (χ0n) is 15.2. The molecule has 3 nitrogen and oxygen atoms in total. The molecule has 0 fully saturated rings. The van der Waals surface area contributed by atoms with Gasteiger partial charge < -0.3 is 14.7 Å². The van der Waals surface area contributed by atoms with Gasteiger partial charge in [0.2, 0.25) is 0 Å². The lowest BCUT2D eigenvalue weighted by atomic mass is 10.1. The molecule has 1 unspecified atom stereocenters. The number of hydrogen-bond donors (Lipinski definition) is 1. The first-order valence-corrected chi connectivity index (χ1v) is 9.63. The predicted octanol–water partition coefficient (Wildman–Crippen LogP) is 5.75. The van der Waals surface area contributed by atoms with Gasteiger partial charge in [0.25, 0.3) is 0 Å². The van der Waals surface area contributed by atoms with Crippen molar-refractivity contribution in [2.75, 3.05) is 11.4 Å². The van der Waals surface area contributed by atoms with Crippen LogP contribution in [-0.4, -0.2) is 36.5 Å². The van der Waals surface area contributed by atoms with Crippen LogP contribution in [0.1, 0.15) is 11.1 Å². The SMILES string of the molecule is OC(CN(Cc1ccccc1OC(F)(F)C(F)F)c1cccc(CBr)c1)C(F)(F)F. The van der Waals surface area contributed by atoms with Crippen LogP contribution >= 0.6 is 15.9 Å². The normalized spacial score (nSPS) is 13.4. The van der Waals surface area contributed by atoms with Crippen LogP contribution in [0.3, 0.4) is 0 Å². The van der Waals surface area contributed by atoms with Crippen molar-refractivity contribution in [1.29, 1.82) is 0 Å². The average molecular weight is 504 g/mol. The van der Waals surface area contributed by atoms with E-state index in [1.54, 1.807) is 18.2 Å². The third-order valence-corrected chi connectivity index (χ3v) is 4.68. The van der Waals surface area contributed by atoms with Crippen molar-refractivity contribution in [3.05, 3.63) is 59.7 Å². The molecule has 0 spiro atoms. The number of para-hydroxylation sites is 1. The summed E-state index contributed by atoms with van der Waals surface area (Å²) < 4.78 is 94.6. The first-order valence-electron chi connectivity index (χ1n) is 8.51. The fourth-order valence-electron chi connectivity index (χ4n) is 2.54. The summed E-state index contributed by atoms with van der Waals surface area (Å²) in [6, 6.07) is 11.2. The molecule has 1 N–H and O–H groups in total. The standard InChI is InChI=1S/C19H17BrF7NO2/c20-9-12-4-3-6-14(8-12)28(11-16(29)18(23,24)25)10-13-5-1-2-7-15(13)30-19(26,27)17(21)22/h1-8,16-17,29H,9-11H2. The summed E-state index contributed by atoms with van der Waals surface area (Å²) in [5.41, 5.74) is 0.926. The highest BCUT2D eigenvalue weighted by Crippen LogP contribution is 2.32. The van der Waals surface area contributed by atoms with E-state index in [2.05, 4.69) is 20.7 Å². The Morgan fingerprint density at radius 3 is 2.27 bits per heavy atom. The molecule has 0 aliphatic heterocycles. The summed E-state index contributed by atoms with van der Waals surface area (Å²) in [5.74, 6) is -0.606. The molecule has 0 aliphatic rings. The molecule has 0 saturated heterocycles. The molecule has 166 valence electrons. The van der Waals surface area contributed by atoms with Gasteiger partial charge in [-0.1, -0.05) is 46.3 Å². The molecular formula is C19H17BrF7NO2. The lowest BCUT2D eigenvalue weighted by Gasteiger charge is -2.29. The monoisotopic (exact) mass is 503 g/mol. The molecule has 2 aromatic rings. The minimum atomic E-state index is -4.91. The van der Waals surface area contributed by atoms with Crippen molar-refractivity contribution in [3.63, 3.8) is 0 Å². The third kappa shape index (κ3) is 6.49. The maximum Gasteiger partial charge on any atom is 0.461 e. The van der Waals surface area contributed by atoms with Gasteiger partial charge in [-0.2, -0.15) is 30.7 Å². The molecule has 0 aromatic heterocycles. The Morgan fingerprint density at radius 1 is 1.00 bits per heavy atom. The highest BCUT2D eigenvalue weighted by molar-refractivity contribution is 9.08. The molecule has 30 heavy (non-hydrogen) atoms. The molecule has 0 bridgehead atoms. The summed E-state index contributed by atoms with van der Waals surface area (Å²) in [4.78, 5) is 1.10. The van der Waals surface area contributed by atoms with Crippen molar-refractivity contribution < 1.29 is 40.6 Å². The minimum absolute atomic E-state index is 0.0588. The molecule has 0 saturated carbocycles. The van der Waals surface area contributed by atoms with Gasteiger partial charge in [0.1, 0.15) is 5.75 Å². The molecule has 0 heterocycles. The number of halogens is 8. The Hall–Kier alpha value is -2.01. The van der Waals surface area contributed by atoms with Crippen molar-refractivity contribution in [2.45, 2.75) is 36.7 Å². The van der Waals surface area contributed by atoms with Crippen molar-refractivity contribution in [3.8, 4) is 5.75 Å². The lowest BCUT2D eigenvalue weighted by molar-refractivity contribution is -0.253. The van der Waals surface area contributed by atoms with E-state index in [0.29, 0.717) is 10.9 Å². The molecular weight excluding hydrogens is 487 g/mol. The summed E-state index contributed by atoms with van der Waals surface area (Å²) >= 11 is 3.23. The van der Waals surface area contributed by atoms with Gasteiger partial charge in [-0.15, -0.1) is 0 Å². The Morgan fingerprint density at radius 2 is 1.67 bits per heavy atom. The van der Waals surface area contributed by atoms with E-state index in [1.807, 2.05) is 0 Å². The highest BCUT2D eigenvalue weighted by Gasteiger charge is 2.44. The number of anilines is 1. The molecule has 0 radical (unpaired) electrons. The number of rotatable bonds is 9. The number of aliphatic hydroxyl groups excluding tert-OH is 1. The number of nitrogens with zero attached hydrogens (tertiary/aromatic N) is 1. The van der Waals surface area contributed by atoms with Crippen LogP contribution in [0.25, 0.3) is 0 Å². The van der Waals surface area contributed by atoms with E-state index in [1.165, 1.54) is 24.3 Å². The zero-order valence-corrected chi connectivity index (χ0v) is 16.8. The molecule has 0 aliphatic carbocycles. The van der Waals surface area contributed by atoms with E-state index in [-0.39, 0.29) is 11.3 Å². The Bertz CT molecular complexity index is 833. The summed E-state index contributed by atoms with van der Waals surface area (Å²) in [6.45, 7) is -1.32. The lowest BCUT2D eigenvalue weighted by Crippen LogP contribution is -2.41. The number of alkyl halides is 8. The average Bonchev–Trinajstić information content (AvgIpc) is 2.67. The number of benzene rings is 2. The minimum Gasteiger partial charge on any atom is -0.428 e. The maximum atomic E-state index is 13.4.